The number of carboxylic acid groups (broad SMARTS) is 1. The molecule has 0 unspecified atom stereocenters. The number of unbranched alkanes of at least 4 members (excludes halogenated alkanes) is 2. The molecule has 6 heteroatoms. The van der Waals surface area contributed by atoms with Gasteiger partial charge in [0.05, 0.1) is 5.69 Å². The van der Waals surface area contributed by atoms with Crippen LogP contribution in [0.25, 0.3) is 0 Å². The number of aliphatic hydroxyl groups excluding tert-OH is 1. The van der Waals surface area contributed by atoms with Crippen LogP contribution in [0.5, 0.6) is 0 Å². The van der Waals surface area contributed by atoms with Gasteiger partial charge in [-0.05, 0) is 31.6 Å². The van der Waals surface area contributed by atoms with Gasteiger partial charge in [0.15, 0.2) is 5.69 Å². The van der Waals surface area contributed by atoms with E-state index in [2.05, 4.69) is 10.3 Å². The van der Waals surface area contributed by atoms with Crippen LogP contribution >= 0.6 is 0 Å². The highest BCUT2D eigenvalue weighted by Crippen LogP contribution is 2.13. The molecule has 1 aromatic heterocycles. The van der Waals surface area contributed by atoms with E-state index in [9.17, 15) is 4.79 Å². The third-order valence-corrected chi connectivity index (χ3v) is 2.67. The summed E-state index contributed by atoms with van der Waals surface area (Å²) in [6.07, 6.45) is 3.20. The normalized spacial score (nSPS) is 11.1. The Labute approximate surface area is 107 Å². The largest absolute Gasteiger partial charge is 0.476 e. The first kappa shape index (κ1) is 14.6. The quantitative estimate of drug-likeness (QED) is 0.684. The van der Waals surface area contributed by atoms with Gasteiger partial charge in [-0.1, -0.05) is 19.1 Å². The maximum atomic E-state index is 11.0. The topological polar surface area (TPSA) is 88.2 Å². The summed E-state index contributed by atoms with van der Waals surface area (Å²) in [5.74, 6) is -0.662. The van der Waals surface area contributed by atoms with Crippen molar-refractivity contribution in [2.45, 2.75) is 46.1 Å². The fourth-order valence-corrected chi connectivity index (χ4v) is 1.82. The first-order valence-corrected chi connectivity index (χ1v) is 6.32. The lowest BCUT2D eigenvalue weighted by atomic mass is 10.1. The van der Waals surface area contributed by atoms with Crippen molar-refractivity contribution >= 4 is 5.97 Å². The van der Waals surface area contributed by atoms with Gasteiger partial charge in [0, 0.05) is 13.2 Å². The van der Waals surface area contributed by atoms with Crippen LogP contribution in [-0.4, -0.2) is 37.8 Å². The highest BCUT2D eigenvalue weighted by molar-refractivity contribution is 5.86. The minimum absolute atomic E-state index is 0.0610. The Balaban J connectivity index is 2.73. The molecule has 0 aromatic carbocycles. The lowest BCUT2D eigenvalue weighted by Crippen LogP contribution is -2.11. The van der Waals surface area contributed by atoms with Gasteiger partial charge in [0.25, 0.3) is 0 Å². The van der Waals surface area contributed by atoms with Gasteiger partial charge >= 0.3 is 5.97 Å². The summed E-state index contributed by atoms with van der Waals surface area (Å²) in [7, 11) is 0. The number of aliphatic hydroxyl groups is 1. The molecular weight excluding hydrogens is 234 g/mol. The van der Waals surface area contributed by atoms with Crippen LogP contribution in [0.1, 0.15) is 49.3 Å². The number of nitrogens with zero attached hydrogens (tertiary/aromatic N) is 3. The highest BCUT2D eigenvalue weighted by atomic mass is 16.4. The van der Waals surface area contributed by atoms with E-state index >= 15 is 0 Å². The zero-order valence-corrected chi connectivity index (χ0v) is 11.0. The molecule has 6 nitrogen and oxygen atoms in total. The summed E-state index contributed by atoms with van der Waals surface area (Å²) in [6.45, 7) is 4.92. The molecule has 0 aliphatic rings. The maximum Gasteiger partial charge on any atom is 0.358 e. The summed E-state index contributed by atoms with van der Waals surface area (Å²) in [6, 6.07) is 0. The molecule has 18 heavy (non-hydrogen) atoms. The number of aromatic nitrogens is 3. The molecule has 0 aliphatic carbocycles. The van der Waals surface area contributed by atoms with Crippen molar-refractivity contribution in [1.29, 1.82) is 0 Å². The number of carboxylic acids is 1. The van der Waals surface area contributed by atoms with Gasteiger partial charge in [-0.2, -0.15) is 0 Å². The third kappa shape index (κ3) is 4.10. The summed E-state index contributed by atoms with van der Waals surface area (Å²) in [4.78, 5) is 11.0. The Morgan fingerprint density at radius 3 is 2.61 bits per heavy atom. The molecule has 102 valence electrons. The molecule has 0 spiro atoms. The Morgan fingerprint density at radius 2 is 2.06 bits per heavy atom. The third-order valence-electron chi connectivity index (χ3n) is 2.67. The molecule has 1 heterocycles. The minimum Gasteiger partial charge on any atom is -0.476 e. The molecule has 0 aliphatic heterocycles. The van der Waals surface area contributed by atoms with Crippen LogP contribution in [0.3, 0.4) is 0 Å². The van der Waals surface area contributed by atoms with Crippen molar-refractivity contribution < 1.29 is 15.0 Å². The second kappa shape index (κ2) is 7.10. The number of carbonyl (C=O) groups is 1. The smallest absolute Gasteiger partial charge is 0.358 e. The van der Waals surface area contributed by atoms with E-state index < -0.39 is 5.97 Å². The Bertz CT molecular complexity index is 388. The average Bonchev–Trinajstić information content (AvgIpc) is 2.67. The van der Waals surface area contributed by atoms with Crippen LogP contribution in [0.4, 0.5) is 0 Å². The number of aryl methyl sites for hydroxylation is 1. The van der Waals surface area contributed by atoms with Crippen molar-refractivity contribution in [3.8, 4) is 0 Å². The summed E-state index contributed by atoms with van der Waals surface area (Å²) < 4.78 is 1.68. The Morgan fingerprint density at radius 1 is 1.33 bits per heavy atom. The van der Waals surface area contributed by atoms with E-state index in [4.69, 9.17) is 10.2 Å². The van der Waals surface area contributed by atoms with Crippen LogP contribution in [0, 0.1) is 5.92 Å². The van der Waals surface area contributed by atoms with Crippen LogP contribution < -0.4 is 0 Å². The standard InChI is InChI=1S/C12H21N3O3/c1-9(2)8-10-11(12(17)18)13-14-15(10)6-4-3-5-7-16/h9,16H,3-8H2,1-2H3,(H,17,18). The van der Waals surface area contributed by atoms with Gasteiger partial charge in [-0.3, -0.25) is 0 Å². The predicted octanol–water partition coefficient (Wildman–Crippen LogP) is 1.34. The summed E-state index contributed by atoms with van der Waals surface area (Å²) >= 11 is 0. The van der Waals surface area contributed by atoms with Gasteiger partial charge in [0.1, 0.15) is 0 Å². The van der Waals surface area contributed by atoms with Crippen molar-refractivity contribution in [3.63, 3.8) is 0 Å². The van der Waals surface area contributed by atoms with Crippen LogP contribution in [0.15, 0.2) is 0 Å². The SMILES string of the molecule is CC(C)Cc1c(C(=O)O)nnn1CCCCCO. The predicted molar refractivity (Wildman–Crippen MR) is 66.5 cm³/mol. The maximum absolute atomic E-state index is 11.0. The molecule has 2 N–H and O–H groups in total. The molecule has 0 saturated heterocycles. The average molecular weight is 255 g/mol. The molecule has 0 amide bonds. The molecule has 0 radical (unpaired) electrons. The molecule has 0 saturated carbocycles. The van der Waals surface area contributed by atoms with E-state index in [1.165, 1.54) is 0 Å². The molecule has 0 fully saturated rings. The van der Waals surface area contributed by atoms with Gasteiger partial charge in [0.2, 0.25) is 0 Å². The molecule has 0 atom stereocenters. The number of hydrogen-bond donors (Lipinski definition) is 2. The number of aromatic carboxylic acids is 1. The first-order valence-electron chi connectivity index (χ1n) is 6.32. The first-order chi connectivity index (χ1) is 8.56. The van der Waals surface area contributed by atoms with Crippen LogP contribution in [0.2, 0.25) is 0 Å². The Hall–Kier alpha value is -1.43. The summed E-state index contributed by atoms with van der Waals surface area (Å²) in [5, 5.41) is 25.4. The fraction of sp³-hybridized carbons (Fsp3) is 0.750. The second-order valence-corrected chi connectivity index (χ2v) is 4.80. The zero-order chi connectivity index (χ0) is 13.5. The van der Waals surface area contributed by atoms with Crippen molar-refractivity contribution in [2.75, 3.05) is 6.61 Å². The number of rotatable bonds is 8. The minimum atomic E-state index is -1.02. The highest BCUT2D eigenvalue weighted by Gasteiger charge is 2.19. The number of hydrogen-bond acceptors (Lipinski definition) is 4. The second-order valence-electron chi connectivity index (χ2n) is 4.80. The molecule has 0 bridgehead atoms. The van der Waals surface area contributed by atoms with E-state index in [-0.39, 0.29) is 12.3 Å². The van der Waals surface area contributed by atoms with E-state index in [0.29, 0.717) is 24.6 Å². The van der Waals surface area contributed by atoms with Gasteiger partial charge in [-0.25, -0.2) is 9.48 Å². The zero-order valence-electron chi connectivity index (χ0n) is 11.0. The summed E-state index contributed by atoms with van der Waals surface area (Å²) in [5.41, 5.74) is 0.757. The van der Waals surface area contributed by atoms with E-state index in [1.54, 1.807) is 4.68 Å². The molecule has 1 rings (SSSR count). The van der Waals surface area contributed by atoms with Crippen molar-refractivity contribution in [1.82, 2.24) is 15.0 Å². The van der Waals surface area contributed by atoms with Gasteiger partial charge in [-0.15, -0.1) is 5.10 Å². The lowest BCUT2D eigenvalue weighted by molar-refractivity contribution is 0.0689. The monoisotopic (exact) mass is 255 g/mol. The fourth-order valence-electron chi connectivity index (χ4n) is 1.82. The van der Waals surface area contributed by atoms with E-state index in [1.807, 2.05) is 13.8 Å². The van der Waals surface area contributed by atoms with Gasteiger partial charge < -0.3 is 10.2 Å². The van der Waals surface area contributed by atoms with Crippen molar-refractivity contribution in [2.24, 2.45) is 5.92 Å². The molecule has 1 aromatic rings. The Kier molecular flexibility index (Phi) is 5.77. The van der Waals surface area contributed by atoms with Crippen LogP contribution in [-0.2, 0) is 13.0 Å². The van der Waals surface area contributed by atoms with E-state index in [0.717, 1.165) is 19.3 Å². The van der Waals surface area contributed by atoms with Crippen molar-refractivity contribution in [3.05, 3.63) is 11.4 Å². The molecular formula is C12H21N3O3. The lowest BCUT2D eigenvalue weighted by Gasteiger charge is -2.08.